The highest BCUT2D eigenvalue weighted by atomic mass is 16.5. The summed E-state index contributed by atoms with van der Waals surface area (Å²) in [6.07, 6.45) is 1.09. The number of carbonyl (C=O) groups excluding carboxylic acids is 2. The van der Waals surface area contributed by atoms with Crippen LogP contribution in [0.25, 0.3) is 11.4 Å². The lowest BCUT2D eigenvalue weighted by molar-refractivity contribution is -0.147. The molecular weight excluding hydrogens is 454 g/mol. The molecule has 1 heterocycles. The van der Waals surface area contributed by atoms with Crippen molar-refractivity contribution in [3.63, 3.8) is 0 Å². The minimum Gasteiger partial charge on any atom is -0.497 e. The Morgan fingerprint density at radius 1 is 0.914 bits per heavy atom. The van der Waals surface area contributed by atoms with Gasteiger partial charge in [-0.1, -0.05) is 5.16 Å². The SMILES string of the molecule is COC(=O)CN(Cc1cc(OC)cc(OC)c1)C(=O)CCCc1nc(-c2ccc(OC)cc2)no1. The molecule has 1 aromatic heterocycles. The standard InChI is InChI=1S/C25H29N3O7/c1-31-19-10-8-18(9-11-19)25-26-22(35-27-25)6-5-7-23(29)28(16-24(30)34-4)15-17-12-20(32-2)14-21(13-17)33-3/h8-14H,5-7,15-16H2,1-4H3. The predicted octanol–water partition coefficient (Wildman–Crippen LogP) is 3.29. The number of amides is 1. The third kappa shape index (κ3) is 7.20. The number of hydrogen-bond acceptors (Lipinski definition) is 9. The van der Waals surface area contributed by atoms with E-state index in [1.807, 2.05) is 24.3 Å². The molecule has 0 atom stereocenters. The molecule has 0 unspecified atom stereocenters. The summed E-state index contributed by atoms with van der Waals surface area (Å²) in [4.78, 5) is 30.7. The van der Waals surface area contributed by atoms with E-state index in [0.29, 0.717) is 36.1 Å². The van der Waals surface area contributed by atoms with E-state index >= 15 is 0 Å². The van der Waals surface area contributed by atoms with Crippen molar-refractivity contribution in [2.24, 2.45) is 0 Å². The first-order valence-electron chi connectivity index (χ1n) is 11.0. The zero-order chi connectivity index (χ0) is 25.2. The van der Waals surface area contributed by atoms with Crippen LogP contribution in [0, 0.1) is 0 Å². The highest BCUT2D eigenvalue weighted by Gasteiger charge is 2.19. The minimum atomic E-state index is -0.505. The normalized spacial score (nSPS) is 10.5. The monoisotopic (exact) mass is 483 g/mol. The molecule has 0 radical (unpaired) electrons. The van der Waals surface area contributed by atoms with Gasteiger partial charge in [0, 0.05) is 31.0 Å². The number of benzene rings is 2. The molecule has 0 bridgehead atoms. The van der Waals surface area contributed by atoms with Gasteiger partial charge >= 0.3 is 5.97 Å². The van der Waals surface area contributed by atoms with Gasteiger partial charge in [-0.3, -0.25) is 9.59 Å². The molecule has 0 spiro atoms. The Kier molecular flexibility index (Phi) is 9.05. The Morgan fingerprint density at radius 3 is 2.17 bits per heavy atom. The van der Waals surface area contributed by atoms with E-state index in [0.717, 1.165) is 16.9 Å². The van der Waals surface area contributed by atoms with Crippen LogP contribution in [0.4, 0.5) is 0 Å². The van der Waals surface area contributed by atoms with Crippen molar-refractivity contribution in [2.45, 2.75) is 25.8 Å². The Labute approximate surface area is 203 Å². The van der Waals surface area contributed by atoms with Crippen LogP contribution in [-0.2, 0) is 27.3 Å². The number of methoxy groups -OCH3 is 4. The molecule has 10 nitrogen and oxygen atoms in total. The minimum absolute atomic E-state index is 0.170. The smallest absolute Gasteiger partial charge is 0.325 e. The van der Waals surface area contributed by atoms with E-state index in [4.69, 9.17) is 23.5 Å². The van der Waals surface area contributed by atoms with Gasteiger partial charge in [-0.05, 0) is 48.4 Å². The average molecular weight is 484 g/mol. The second-order valence-corrected chi connectivity index (χ2v) is 7.64. The Bertz CT molecular complexity index is 1110. The summed E-state index contributed by atoms with van der Waals surface area (Å²) in [5, 5.41) is 4.01. The summed E-state index contributed by atoms with van der Waals surface area (Å²) < 4.78 is 25.8. The average Bonchev–Trinajstić information content (AvgIpc) is 3.36. The number of carbonyl (C=O) groups is 2. The number of hydrogen-bond donors (Lipinski definition) is 0. The van der Waals surface area contributed by atoms with E-state index in [-0.39, 0.29) is 25.4 Å². The molecule has 0 fully saturated rings. The molecular formula is C25H29N3O7. The molecule has 35 heavy (non-hydrogen) atoms. The van der Waals surface area contributed by atoms with Gasteiger partial charge in [-0.15, -0.1) is 0 Å². The molecule has 0 aliphatic carbocycles. The summed E-state index contributed by atoms with van der Waals surface area (Å²) in [6.45, 7) is 0.0285. The molecule has 0 saturated carbocycles. The number of aromatic nitrogens is 2. The Morgan fingerprint density at radius 2 is 1.57 bits per heavy atom. The fraction of sp³-hybridized carbons (Fsp3) is 0.360. The summed E-state index contributed by atoms with van der Waals surface area (Å²) in [5.74, 6) is 2.11. The zero-order valence-electron chi connectivity index (χ0n) is 20.3. The van der Waals surface area contributed by atoms with Gasteiger partial charge in [-0.2, -0.15) is 4.98 Å². The first-order chi connectivity index (χ1) is 16.9. The molecule has 3 rings (SSSR count). The molecule has 186 valence electrons. The van der Waals surface area contributed by atoms with Crippen LogP contribution in [-0.4, -0.2) is 61.9 Å². The van der Waals surface area contributed by atoms with Crippen LogP contribution in [0.15, 0.2) is 47.0 Å². The maximum atomic E-state index is 13.0. The maximum Gasteiger partial charge on any atom is 0.325 e. The molecule has 3 aromatic rings. The summed E-state index contributed by atoms with van der Waals surface area (Å²) in [6, 6.07) is 12.6. The van der Waals surface area contributed by atoms with Crippen LogP contribution in [0.3, 0.4) is 0 Å². The zero-order valence-corrected chi connectivity index (χ0v) is 20.3. The van der Waals surface area contributed by atoms with Gasteiger partial charge in [-0.25, -0.2) is 0 Å². The molecule has 2 aromatic carbocycles. The summed E-state index contributed by atoms with van der Waals surface area (Å²) >= 11 is 0. The third-order valence-corrected chi connectivity index (χ3v) is 5.28. The number of rotatable bonds is 12. The van der Waals surface area contributed by atoms with Gasteiger partial charge in [0.05, 0.1) is 28.4 Å². The van der Waals surface area contributed by atoms with Gasteiger partial charge in [0.15, 0.2) is 0 Å². The van der Waals surface area contributed by atoms with Crippen molar-refractivity contribution in [1.29, 1.82) is 0 Å². The van der Waals surface area contributed by atoms with E-state index < -0.39 is 5.97 Å². The quantitative estimate of drug-likeness (QED) is 0.358. The van der Waals surface area contributed by atoms with Gasteiger partial charge in [0.2, 0.25) is 17.6 Å². The first-order valence-corrected chi connectivity index (χ1v) is 11.0. The second-order valence-electron chi connectivity index (χ2n) is 7.64. The fourth-order valence-corrected chi connectivity index (χ4v) is 3.39. The van der Waals surface area contributed by atoms with E-state index in [1.165, 1.54) is 12.0 Å². The Balaban J connectivity index is 1.62. The van der Waals surface area contributed by atoms with Crippen molar-refractivity contribution in [3.05, 3.63) is 53.9 Å². The van der Waals surface area contributed by atoms with Crippen LogP contribution in [0.2, 0.25) is 0 Å². The third-order valence-electron chi connectivity index (χ3n) is 5.28. The molecule has 0 aliphatic heterocycles. The van der Waals surface area contributed by atoms with Crippen LogP contribution in [0.5, 0.6) is 17.2 Å². The number of aryl methyl sites for hydroxylation is 1. The summed E-state index contributed by atoms with van der Waals surface area (Å²) in [5.41, 5.74) is 1.56. The highest BCUT2D eigenvalue weighted by Crippen LogP contribution is 2.24. The van der Waals surface area contributed by atoms with E-state index in [2.05, 4.69) is 10.1 Å². The number of ether oxygens (including phenoxy) is 4. The van der Waals surface area contributed by atoms with Crippen LogP contribution in [0.1, 0.15) is 24.3 Å². The van der Waals surface area contributed by atoms with Crippen LogP contribution < -0.4 is 14.2 Å². The second kappa shape index (κ2) is 12.4. The summed E-state index contributed by atoms with van der Waals surface area (Å²) in [7, 11) is 5.99. The largest absolute Gasteiger partial charge is 0.497 e. The molecule has 1 amide bonds. The molecule has 10 heteroatoms. The topological polar surface area (TPSA) is 113 Å². The van der Waals surface area contributed by atoms with Crippen molar-refractivity contribution < 1.29 is 33.1 Å². The number of esters is 1. The van der Waals surface area contributed by atoms with E-state index in [9.17, 15) is 9.59 Å². The Hall–Kier alpha value is -4.08. The van der Waals surface area contributed by atoms with Gasteiger partial charge in [0.25, 0.3) is 0 Å². The van der Waals surface area contributed by atoms with E-state index in [1.54, 1.807) is 39.5 Å². The predicted molar refractivity (Wildman–Crippen MR) is 126 cm³/mol. The molecule has 0 N–H and O–H groups in total. The first kappa shape index (κ1) is 25.5. The lowest BCUT2D eigenvalue weighted by atomic mass is 10.1. The van der Waals surface area contributed by atoms with Crippen molar-refractivity contribution in [1.82, 2.24) is 15.0 Å². The van der Waals surface area contributed by atoms with Gasteiger partial charge < -0.3 is 28.4 Å². The lowest BCUT2D eigenvalue weighted by Gasteiger charge is -2.22. The highest BCUT2D eigenvalue weighted by molar-refractivity contribution is 5.82. The van der Waals surface area contributed by atoms with Crippen LogP contribution >= 0.6 is 0 Å². The molecule has 0 aliphatic rings. The van der Waals surface area contributed by atoms with Crippen molar-refractivity contribution in [3.8, 4) is 28.6 Å². The molecule has 0 saturated heterocycles. The number of nitrogens with zero attached hydrogens (tertiary/aromatic N) is 3. The van der Waals surface area contributed by atoms with Crippen molar-refractivity contribution in [2.75, 3.05) is 35.0 Å². The van der Waals surface area contributed by atoms with Crippen molar-refractivity contribution >= 4 is 11.9 Å². The maximum absolute atomic E-state index is 13.0. The fourth-order valence-electron chi connectivity index (χ4n) is 3.39. The lowest BCUT2D eigenvalue weighted by Crippen LogP contribution is -2.35. The van der Waals surface area contributed by atoms with Gasteiger partial charge in [0.1, 0.15) is 23.8 Å².